The Morgan fingerprint density at radius 1 is 1.12 bits per heavy atom. The van der Waals surface area contributed by atoms with E-state index in [0.29, 0.717) is 0 Å². The third-order valence-corrected chi connectivity index (χ3v) is 2.81. The van der Waals surface area contributed by atoms with Gasteiger partial charge >= 0.3 is 0 Å². The number of aryl methyl sites for hydroxylation is 1. The van der Waals surface area contributed by atoms with Crippen molar-refractivity contribution in [2.75, 3.05) is 7.05 Å². The van der Waals surface area contributed by atoms with Gasteiger partial charge in [-0.3, -0.25) is 4.98 Å². The smallest absolute Gasteiger partial charge is 0.0592 e. The SMILES string of the molecule is CNC(c1ccccc1)c1cnccc1C. The lowest BCUT2D eigenvalue weighted by molar-refractivity contribution is 0.684. The Kier molecular flexibility index (Phi) is 3.32. The maximum absolute atomic E-state index is 4.20. The van der Waals surface area contributed by atoms with E-state index in [0.717, 1.165) is 0 Å². The van der Waals surface area contributed by atoms with Crippen LogP contribution in [-0.4, -0.2) is 12.0 Å². The van der Waals surface area contributed by atoms with Crippen LogP contribution >= 0.6 is 0 Å². The quantitative estimate of drug-likeness (QED) is 0.846. The van der Waals surface area contributed by atoms with Crippen molar-refractivity contribution in [2.45, 2.75) is 13.0 Å². The van der Waals surface area contributed by atoms with Gasteiger partial charge in [-0.15, -0.1) is 0 Å². The molecule has 82 valence electrons. The molecule has 0 aliphatic carbocycles. The van der Waals surface area contributed by atoms with Gasteiger partial charge in [-0.05, 0) is 36.7 Å². The van der Waals surface area contributed by atoms with Crippen LogP contribution in [0.5, 0.6) is 0 Å². The lowest BCUT2D eigenvalue weighted by Gasteiger charge is -2.18. The van der Waals surface area contributed by atoms with Crippen LogP contribution in [0, 0.1) is 6.92 Å². The summed E-state index contributed by atoms with van der Waals surface area (Å²) in [5, 5.41) is 3.34. The minimum Gasteiger partial charge on any atom is -0.309 e. The minimum absolute atomic E-state index is 0.218. The van der Waals surface area contributed by atoms with Gasteiger partial charge in [0, 0.05) is 12.4 Å². The molecule has 0 bridgehead atoms. The summed E-state index contributed by atoms with van der Waals surface area (Å²) in [6.45, 7) is 2.12. The lowest BCUT2D eigenvalue weighted by Crippen LogP contribution is -2.18. The van der Waals surface area contributed by atoms with Crippen molar-refractivity contribution >= 4 is 0 Å². The maximum atomic E-state index is 4.20. The first-order valence-electron chi connectivity index (χ1n) is 5.45. The van der Waals surface area contributed by atoms with Crippen LogP contribution < -0.4 is 5.32 Å². The zero-order valence-corrected chi connectivity index (χ0v) is 9.64. The molecule has 1 N–H and O–H groups in total. The second kappa shape index (κ2) is 4.90. The van der Waals surface area contributed by atoms with Crippen LogP contribution in [0.1, 0.15) is 22.7 Å². The predicted molar refractivity (Wildman–Crippen MR) is 66.3 cm³/mol. The highest BCUT2D eigenvalue weighted by molar-refractivity contribution is 5.34. The van der Waals surface area contributed by atoms with Gasteiger partial charge < -0.3 is 5.32 Å². The van der Waals surface area contributed by atoms with E-state index in [4.69, 9.17) is 0 Å². The highest BCUT2D eigenvalue weighted by Gasteiger charge is 2.13. The molecule has 2 heteroatoms. The van der Waals surface area contributed by atoms with Crippen LogP contribution in [0.25, 0.3) is 0 Å². The Labute approximate surface area is 96.4 Å². The van der Waals surface area contributed by atoms with E-state index < -0.39 is 0 Å². The summed E-state index contributed by atoms with van der Waals surface area (Å²) >= 11 is 0. The summed E-state index contributed by atoms with van der Waals surface area (Å²) in [5.74, 6) is 0. The van der Waals surface area contributed by atoms with Gasteiger partial charge in [0.2, 0.25) is 0 Å². The fraction of sp³-hybridized carbons (Fsp3) is 0.214. The van der Waals surface area contributed by atoms with Gasteiger partial charge in [-0.2, -0.15) is 0 Å². The van der Waals surface area contributed by atoms with Crippen LogP contribution in [0.4, 0.5) is 0 Å². The van der Waals surface area contributed by atoms with Gasteiger partial charge in [0.05, 0.1) is 6.04 Å². The Bertz CT molecular complexity index is 451. The third-order valence-electron chi connectivity index (χ3n) is 2.81. The van der Waals surface area contributed by atoms with E-state index in [-0.39, 0.29) is 6.04 Å². The molecule has 16 heavy (non-hydrogen) atoms. The standard InChI is InChI=1S/C14H16N2/c1-11-8-9-16-10-13(11)14(15-2)12-6-4-3-5-7-12/h3-10,14-15H,1-2H3. The monoisotopic (exact) mass is 212 g/mol. The molecule has 0 saturated carbocycles. The second-order valence-corrected chi connectivity index (χ2v) is 3.86. The first-order chi connectivity index (χ1) is 7.83. The number of nitrogens with one attached hydrogen (secondary N) is 1. The van der Waals surface area contributed by atoms with Crippen LogP contribution in [0.2, 0.25) is 0 Å². The topological polar surface area (TPSA) is 24.9 Å². The van der Waals surface area contributed by atoms with Crippen molar-refractivity contribution in [1.29, 1.82) is 0 Å². The highest BCUT2D eigenvalue weighted by atomic mass is 14.9. The lowest BCUT2D eigenvalue weighted by atomic mass is 9.97. The summed E-state index contributed by atoms with van der Waals surface area (Å²) in [5.41, 5.74) is 3.76. The zero-order chi connectivity index (χ0) is 11.4. The van der Waals surface area contributed by atoms with Crippen LogP contribution in [-0.2, 0) is 0 Å². The van der Waals surface area contributed by atoms with E-state index in [1.165, 1.54) is 16.7 Å². The number of nitrogens with zero attached hydrogens (tertiary/aromatic N) is 1. The van der Waals surface area contributed by atoms with Crippen molar-refractivity contribution in [3.63, 3.8) is 0 Å². The molecule has 0 spiro atoms. The Hall–Kier alpha value is -1.67. The molecule has 1 unspecified atom stereocenters. The zero-order valence-electron chi connectivity index (χ0n) is 9.64. The molecule has 1 heterocycles. The normalized spacial score (nSPS) is 12.4. The van der Waals surface area contributed by atoms with Crippen LogP contribution in [0.15, 0.2) is 48.8 Å². The molecule has 0 fully saturated rings. The largest absolute Gasteiger partial charge is 0.309 e. The fourth-order valence-corrected chi connectivity index (χ4v) is 1.93. The molecule has 1 aromatic carbocycles. The molecule has 0 aliphatic heterocycles. The van der Waals surface area contributed by atoms with Gasteiger partial charge in [0.1, 0.15) is 0 Å². The molecular weight excluding hydrogens is 196 g/mol. The number of rotatable bonds is 3. The summed E-state index contributed by atoms with van der Waals surface area (Å²) in [6, 6.07) is 12.7. The number of pyridine rings is 1. The molecule has 0 aliphatic rings. The molecule has 0 radical (unpaired) electrons. The molecule has 1 atom stereocenters. The third kappa shape index (κ3) is 2.12. The molecule has 2 rings (SSSR count). The molecule has 1 aromatic heterocycles. The van der Waals surface area contributed by atoms with Crippen molar-refractivity contribution in [1.82, 2.24) is 10.3 Å². The van der Waals surface area contributed by atoms with E-state index in [1.54, 1.807) is 0 Å². The number of hydrogen-bond acceptors (Lipinski definition) is 2. The van der Waals surface area contributed by atoms with Crippen molar-refractivity contribution in [2.24, 2.45) is 0 Å². The minimum atomic E-state index is 0.218. The van der Waals surface area contributed by atoms with Gasteiger partial charge in [0.25, 0.3) is 0 Å². The van der Waals surface area contributed by atoms with Gasteiger partial charge in [-0.1, -0.05) is 30.3 Å². The van der Waals surface area contributed by atoms with Gasteiger partial charge in [0.15, 0.2) is 0 Å². The Morgan fingerprint density at radius 3 is 2.50 bits per heavy atom. The van der Waals surface area contributed by atoms with Crippen molar-refractivity contribution in [3.05, 3.63) is 65.5 Å². The molecule has 0 amide bonds. The molecule has 0 saturated heterocycles. The van der Waals surface area contributed by atoms with Crippen molar-refractivity contribution in [3.8, 4) is 0 Å². The first-order valence-corrected chi connectivity index (χ1v) is 5.45. The first kappa shape index (κ1) is 10.8. The number of benzene rings is 1. The van der Waals surface area contributed by atoms with E-state index >= 15 is 0 Å². The number of hydrogen-bond donors (Lipinski definition) is 1. The average molecular weight is 212 g/mol. The second-order valence-electron chi connectivity index (χ2n) is 3.86. The summed E-state index contributed by atoms with van der Waals surface area (Å²) in [7, 11) is 1.98. The summed E-state index contributed by atoms with van der Waals surface area (Å²) in [6.07, 6.45) is 3.76. The average Bonchev–Trinajstić information content (AvgIpc) is 2.34. The maximum Gasteiger partial charge on any atom is 0.0592 e. The molecular formula is C14H16N2. The Balaban J connectivity index is 2.41. The van der Waals surface area contributed by atoms with E-state index in [1.807, 2.05) is 31.6 Å². The highest BCUT2D eigenvalue weighted by Crippen LogP contribution is 2.23. The summed E-state index contributed by atoms with van der Waals surface area (Å²) < 4.78 is 0. The van der Waals surface area contributed by atoms with Crippen LogP contribution in [0.3, 0.4) is 0 Å². The Morgan fingerprint density at radius 2 is 1.88 bits per heavy atom. The predicted octanol–water partition coefficient (Wildman–Crippen LogP) is 2.70. The fourth-order valence-electron chi connectivity index (χ4n) is 1.93. The summed E-state index contributed by atoms with van der Waals surface area (Å²) in [4.78, 5) is 4.20. The van der Waals surface area contributed by atoms with Gasteiger partial charge in [-0.25, -0.2) is 0 Å². The van der Waals surface area contributed by atoms with E-state index in [9.17, 15) is 0 Å². The van der Waals surface area contributed by atoms with Crippen molar-refractivity contribution < 1.29 is 0 Å². The van der Waals surface area contributed by atoms with E-state index in [2.05, 4.69) is 41.5 Å². The number of aromatic nitrogens is 1. The molecule has 2 aromatic rings. The molecule has 2 nitrogen and oxygen atoms in total.